The van der Waals surface area contributed by atoms with Crippen LogP contribution in [0.25, 0.3) is 22.4 Å². The minimum atomic E-state index is -0.138. The Hall–Kier alpha value is -3.13. The van der Waals surface area contributed by atoms with E-state index in [4.69, 9.17) is 0 Å². The van der Waals surface area contributed by atoms with Crippen molar-refractivity contribution in [1.29, 1.82) is 0 Å². The molecule has 8 heteroatoms. The molecule has 4 rings (SSSR count). The molecule has 0 atom stereocenters. The third-order valence-corrected chi connectivity index (χ3v) is 6.03. The second-order valence-corrected chi connectivity index (χ2v) is 8.57. The van der Waals surface area contributed by atoms with Crippen molar-refractivity contribution in [1.82, 2.24) is 24.5 Å². The molecular formula is C23H25N5O2S. The summed E-state index contributed by atoms with van der Waals surface area (Å²) < 4.78 is 3.50. The third-order valence-electron chi connectivity index (χ3n) is 5.10. The van der Waals surface area contributed by atoms with Crippen molar-refractivity contribution in [2.45, 2.75) is 38.3 Å². The number of rotatable bonds is 7. The van der Waals surface area contributed by atoms with Crippen LogP contribution in [0.15, 0.2) is 58.5 Å². The Balaban J connectivity index is 1.93. The molecule has 7 nitrogen and oxygen atoms in total. The van der Waals surface area contributed by atoms with E-state index in [-0.39, 0.29) is 23.1 Å². The van der Waals surface area contributed by atoms with Crippen LogP contribution < -0.4 is 10.9 Å². The van der Waals surface area contributed by atoms with E-state index in [1.165, 1.54) is 11.8 Å². The van der Waals surface area contributed by atoms with Crippen molar-refractivity contribution in [3.63, 3.8) is 0 Å². The number of thioether (sulfide) groups is 1. The van der Waals surface area contributed by atoms with Crippen LogP contribution >= 0.6 is 11.8 Å². The molecule has 1 amide bonds. The molecule has 31 heavy (non-hydrogen) atoms. The molecular weight excluding hydrogens is 410 g/mol. The van der Waals surface area contributed by atoms with Gasteiger partial charge >= 0.3 is 0 Å². The fraction of sp³-hybridized carbons (Fsp3) is 0.304. The quantitative estimate of drug-likeness (QED) is 0.447. The zero-order chi connectivity index (χ0) is 22.0. The van der Waals surface area contributed by atoms with Gasteiger partial charge in [-0.2, -0.15) is 0 Å². The van der Waals surface area contributed by atoms with Gasteiger partial charge < -0.3 is 5.32 Å². The largest absolute Gasteiger partial charge is 0.355 e. The minimum Gasteiger partial charge on any atom is -0.355 e. The van der Waals surface area contributed by atoms with Crippen LogP contribution in [0.2, 0.25) is 0 Å². The average molecular weight is 436 g/mol. The lowest BCUT2D eigenvalue weighted by atomic mass is 10.0. The summed E-state index contributed by atoms with van der Waals surface area (Å²) in [6.45, 7) is 6.86. The Bertz CT molecular complexity index is 1310. The molecule has 0 aliphatic rings. The molecule has 0 aliphatic heterocycles. The number of carbonyl (C=O) groups is 1. The first-order valence-corrected chi connectivity index (χ1v) is 11.4. The molecule has 0 unspecified atom stereocenters. The van der Waals surface area contributed by atoms with E-state index in [1.54, 1.807) is 4.57 Å². The second kappa shape index (κ2) is 8.93. The monoisotopic (exact) mass is 435 g/mol. The Morgan fingerprint density at radius 2 is 1.84 bits per heavy atom. The summed E-state index contributed by atoms with van der Waals surface area (Å²) in [7, 11) is 0. The second-order valence-electron chi connectivity index (χ2n) is 7.63. The number of nitrogens with zero attached hydrogens (tertiary/aromatic N) is 4. The smallest absolute Gasteiger partial charge is 0.267 e. The van der Waals surface area contributed by atoms with Crippen molar-refractivity contribution in [3.05, 3.63) is 64.4 Å². The molecule has 1 N–H and O–H groups in total. The van der Waals surface area contributed by atoms with Gasteiger partial charge in [-0.3, -0.25) is 14.0 Å². The Morgan fingerprint density at radius 3 is 2.61 bits per heavy atom. The van der Waals surface area contributed by atoms with Crippen LogP contribution in [-0.4, -0.2) is 37.4 Å². The predicted octanol–water partition coefficient (Wildman–Crippen LogP) is 3.78. The van der Waals surface area contributed by atoms with Gasteiger partial charge in [-0.05, 0) is 36.1 Å². The lowest BCUT2D eigenvalue weighted by Crippen LogP contribution is -2.26. The molecule has 2 aromatic heterocycles. The van der Waals surface area contributed by atoms with Gasteiger partial charge in [-0.25, -0.2) is 4.57 Å². The fourth-order valence-electron chi connectivity index (χ4n) is 3.61. The Morgan fingerprint density at radius 1 is 1.10 bits per heavy atom. The van der Waals surface area contributed by atoms with E-state index in [0.717, 1.165) is 23.2 Å². The van der Waals surface area contributed by atoms with Gasteiger partial charge in [0.25, 0.3) is 5.56 Å². The zero-order valence-electron chi connectivity index (χ0n) is 17.8. The van der Waals surface area contributed by atoms with Gasteiger partial charge in [-0.15, -0.1) is 10.2 Å². The Kier molecular flexibility index (Phi) is 6.08. The zero-order valence-corrected chi connectivity index (χ0v) is 18.6. The first-order chi connectivity index (χ1) is 15.0. The fourth-order valence-corrected chi connectivity index (χ4v) is 4.38. The number of para-hydroxylation sites is 2. The predicted molar refractivity (Wildman–Crippen MR) is 124 cm³/mol. The van der Waals surface area contributed by atoms with Crippen molar-refractivity contribution in [2.75, 3.05) is 12.3 Å². The van der Waals surface area contributed by atoms with Crippen LogP contribution in [0.4, 0.5) is 0 Å². The van der Waals surface area contributed by atoms with Gasteiger partial charge in [0.2, 0.25) is 11.7 Å². The van der Waals surface area contributed by atoms with E-state index in [2.05, 4.69) is 29.4 Å². The maximum atomic E-state index is 13.5. The van der Waals surface area contributed by atoms with Crippen molar-refractivity contribution in [3.8, 4) is 5.69 Å². The summed E-state index contributed by atoms with van der Waals surface area (Å²) in [5.41, 5.74) is 2.43. The molecule has 0 bridgehead atoms. The van der Waals surface area contributed by atoms with Crippen molar-refractivity contribution < 1.29 is 4.79 Å². The molecule has 0 saturated heterocycles. The summed E-state index contributed by atoms with van der Waals surface area (Å²) in [6, 6.07) is 15.3. The first-order valence-electron chi connectivity index (χ1n) is 10.4. The van der Waals surface area contributed by atoms with E-state index in [9.17, 15) is 9.59 Å². The SMILES string of the molecule is CCCNC(=O)CSc1nnc2n(-c3ccccc3C(C)C)c(=O)c3ccccc3n12. The van der Waals surface area contributed by atoms with Gasteiger partial charge in [0.05, 0.1) is 22.3 Å². The highest BCUT2D eigenvalue weighted by atomic mass is 32.2. The number of nitrogens with one attached hydrogen (secondary N) is 1. The summed E-state index contributed by atoms with van der Waals surface area (Å²) in [4.78, 5) is 25.6. The standard InChI is InChI=1S/C23H25N5O2S/c1-4-13-24-20(29)14-31-23-26-25-22-27(18-11-7-5-9-16(18)15(2)3)21(30)17-10-6-8-12-19(17)28(22)23/h5-12,15H,4,13-14H2,1-3H3,(H,24,29). The lowest BCUT2D eigenvalue weighted by molar-refractivity contribution is -0.118. The minimum absolute atomic E-state index is 0.0496. The number of amides is 1. The van der Waals surface area contributed by atoms with Gasteiger partial charge in [0, 0.05) is 6.54 Å². The molecule has 0 fully saturated rings. The molecule has 0 saturated carbocycles. The summed E-state index contributed by atoms with van der Waals surface area (Å²) in [5, 5.41) is 12.7. The van der Waals surface area contributed by atoms with E-state index in [1.807, 2.05) is 59.9 Å². The maximum Gasteiger partial charge on any atom is 0.267 e. The van der Waals surface area contributed by atoms with Gasteiger partial charge in [0.1, 0.15) is 0 Å². The van der Waals surface area contributed by atoms with Crippen LogP contribution in [0.5, 0.6) is 0 Å². The molecule has 0 radical (unpaired) electrons. The highest BCUT2D eigenvalue weighted by molar-refractivity contribution is 7.99. The van der Waals surface area contributed by atoms with Crippen LogP contribution in [-0.2, 0) is 4.79 Å². The first kappa shape index (κ1) is 21.1. The number of benzene rings is 2. The average Bonchev–Trinajstić information content (AvgIpc) is 3.20. The highest BCUT2D eigenvalue weighted by Crippen LogP contribution is 2.26. The van der Waals surface area contributed by atoms with Crippen molar-refractivity contribution >= 4 is 34.3 Å². The Labute approximate surface area is 184 Å². The maximum absolute atomic E-state index is 13.5. The normalized spacial score (nSPS) is 11.5. The van der Waals surface area contributed by atoms with E-state index >= 15 is 0 Å². The van der Waals surface area contributed by atoms with Crippen LogP contribution in [0, 0.1) is 0 Å². The molecule has 160 valence electrons. The molecule has 2 aromatic carbocycles. The highest BCUT2D eigenvalue weighted by Gasteiger charge is 2.20. The van der Waals surface area contributed by atoms with E-state index in [0.29, 0.717) is 22.9 Å². The number of hydrogen-bond donors (Lipinski definition) is 1. The molecule has 2 heterocycles. The van der Waals surface area contributed by atoms with Crippen LogP contribution in [0.1, 0.15) is 38.7 Å². The van der Waals surface area contributed by atoms with Crippen LogP contribution in [0.3, 0.4) is 0 Å². The third kappa shape index (κ3) is 3.95. The molecule has 4 aromatic rings. The van der Waals surface area contributed by atoms with Crippen molar-refractivity contribution in [2.24, 2.45) is 0 Å². The lowest BCUT2D eigenvalue weighted by Gasteiger charge is -2.16. The number of carbonyl (C=O) groups excluding carboxylic acids is 1. The summed E-state index contributed by atoms with van der Waals surface area (Å²) in [6.07, 6.45) is 0.885. The topological polar surface area (TPSA) is 81.3 Å². The molecule has 0 spiro atoms. The summed E-state index contributed by atoms with van der Waals surface area (Å²) in [5.74, 6) is 0.852. The number of fused-ring (bicyclic) bond motifs is 3. The molecule has 0 aliphatic carbocycles. The summed E-state index contributed by atoms with van der Waals surface area (Å²) >= 11 is 1.31. The van der Waals surface area contributed by atoms with E-state index < -0.39 is 0 Å². The number of hydrogen-bond acceptors (Lipinski definition) is 5. The number of aromatic nitrogens is 4. The van der Waals surface area contributed by atoms with Gasteiger partial charge in [0.15, 0.2) is 5.16 Å². The van der Waals surface area contributed by atoms with Gasteiger partial charge in [-0.1, -0.05) is 62.9 Å².